The van der Waals surface area contributed by atoms with E-state index in [1.54, 1.807) is 36.7 Å². The monoisotopic (exact) mass is 416 g/mol. The van der Waals surface area contributed by atoms with E-state index in [1.165, 1.54) is 29.2 Å². The number of pyridine rings is 1. The van der Waals surface area contributed by atoms with Crippen molar-refractivity contribution >= 4 is 17.5 Å². The predicted molar refractivity (Wildman–Crippen MR) is 111 cm³/mol. The van der Waals surface area contributed by atoms with Gasteiger partial charge in [0.15, 0.2) is 5.75 Å². The zero-order chi connectivity index (χ0) is 21.8. The second-order valence-corrected chi connectivity index (χ2v) is 6.81. The molecule has 0 unspecified atom stereocenters. The van der Waals surface area contributed by atoms with E-state index in [1.807, 2.05) is 0 Å². The highest BCUT2D eigenvalue weighted by Crippen LogP contribution is 2.39. The highest BCUT2D eigenvalue weighted by molar-refractivity contribution is 6.01. The summed E-state index contributed by atoms with van der Waals surface area (Å²) in [6.45, 7) is 0.380. The third kappa shape index (κ3) is 4.21. The molecule has 7 nitrogen and oxygen atoms in total. The van der Waals surface area contributed by atoms with Gasteiger partial charge < -0.3 is 15.0 Å². The third-order valence-corrected chi connectivity index (χ3v) is 4.86. The van der Waals surface area contributed by atoms with Gasteiger partial charge in [-0.25, -0.2) is 4.39 Å². The zero-order valence-corrected chi connectivity index (χ0v) is 16.3. The van der Waals surface area contributed by atoms with Crippen molar-refractivity contribution in [2.24, 2.45) is 0 Å². The van der Waals surface area contributed by atoms with Gasteiger partial charge in [-0.2, -0.15) is 5.26 Å². The summed E-state index contributed by atoms with van der Waals surface area (Å²) < 4.78 is 18.8. The number of carbonyl (C=O) groups excluding carboxylic acids is 2. The van der Waals surface area contributed by atoms with Crippen LogP contribution in [0.4, 0.5) is 10.1 Å². The molecule has 0 aliphatic carbocycles. The minimum absolute atomic E-state index is 0.225. The van der Waals surface area contributed by atoms with E-state index in [9.17, 15) is 14.0 Å². The number of nitriles is 1. The van der Waals surface area contributed by atoms with Gasteiger partial charge in [-0.3, -0.25) is 14.6 Å². The van der Waals surface area contributed by atoms with Crippen molar-refractivity contribution in [1.82, 2.24) is 10.3 Å². The lowest BCUT2D eigenvalue weighted by Gasteiger charge is -2.30. The molecule has 2 amide bonds. The maximum atomic E-state index is 13.0. The summed E-state index contributed by atoms with van der Waals surface area (Å²) in [5, 5.41) is 11.5. The Kier molecular flexibility index (Phi) is 5.58. The summed E-state index contributed by atoms with van der Waals surface area (Å²) in [6, 6.07) is 14.1. The molecule has 0 saturated heterocycles. The molecule has 1 aliphatic rings. The number of benzene rings is 2. The first-order valence-electron chi connectivity index (χ1n) is 9.52. The quantitative estimate of drug-likeness (QED) is 0.706. The molecule has 2 heterocycles. The molecule has 2 aromatic carbocycles. The molecule has 8 heteroatoms. The first kappa shape index (κ1) is 20.0. The minimum atomic E-state index is -0.466. The zero-order valence-electron chi connectivity index (χ0n) is 16.3. The van der Waals surface area contributed by atoms with Crippen LogP contribution in [0.5, 0.6) is 5.75 Å². The van der Waals surface area contributed by atoms with Crippen molar-refractivity contribution in [2.45, 2.75) is 0 Å². The number of rotatable bonds is 4. The molecule has 0 saturated carbocycles. The van der Waals surface area contributed by atoms with Gasteiger partial charge in [-0.05, 0) is 42.0 Å². The van der Waals surface area contributed by atoms with Crippen LogP contribution in [0, 0.1) is 17.1 Å². The summed E-state index contributed by atoms with van der Waals surface area (Å²) in [7, 11) is 0. The average Bonchev–Trinajstić information content (AvgIpc) is 2.82. The fourth-order valence-electron chi connectivity index (χ4n) is 3.28. The van der Waals surface area contributed by atoms with E-state index in [2.05, 4.69) is 16.4 Å². The van der Waals surface area contributed by atoms with Crippen molar-refractivity contribution in [1.29, 1.82) is 5.26 Å². The Morgan fingerprint density at radius 1 is 1.13 bits per heavy atom. The fraction of sp³-hybridized carbons (Fsp3) is 0.130. The molecule has 4 rings (SSSR count). The molecule has 1 aromatic heterocycles. The number of hydrogen-bond donors (Lipinski definition) is 1. The van der Waals surface area contributed by atoms with Crippen LogP contribution in [-0.2, 0) is 4.79 Å². The molecular formula is C23H17FN4O3. The fourth-order valence-corrected chi connectivity index (χ4v) is 3.28. The first-order chi connectivity index (χ1) is 15.1. The Balaban J connectivity index is 1.52. The number of hydrogen-bond acceptors (Lipinski definition) is 5. The van der Waals surface area contributed by atoms with Crippen LogP contribution in [0.15, 0.2) is 60.9 Å². The maximum Gasteiger partial charge on any atom is 0.251 e. The van der Waals surface area contributed by atoms with Crippen molar-refractivity contribution in [3.63, 3.8) is 0 Å². The van der Waals surface area contributed by atoms with Crippen LogP contribution in [0.1, 0.15) is 15.9 Å². The molecule has 154 valence electrons. The van der Waals surface area contributed by atoms with E-state index < -0.39 is 11.7 Å². The number of anilines is 1. The van der Waals surface area contributed by atoms with E-state index in [-0.39, 0.29) is 24.6 Å². The van der Waals surface area contributed by atoms with Gasteiger partial charge in [0.05, 0.1) is 30.9 Å². The van der Waals surface area contributed by atoms with Crippen LogP contribution in [0.25, 0.3) is 11.1 Å². The average molecular weight is 416 g/mol. The molecule has 0 spiro atoms. The van der Waals surface area contributed by atoms with Crippen LogP contribution in [0.2, 0.25) is 0 Å². The molecule has 0 atom stereocenters. The number of ether oxygens (including phenoxy) is 1. The summed E-state index contributed by atoms with van der Waals surface area (Å²) >= 11 is 0. The van der Waals surface area contributed by atoms with E-state index >= 15 is 0 Å². The molecular weight excluding hydrogens is 399 g/mol. The normalized spacial score (nSPS) is 12.3. The van der Waals surface area contributed by atoms with Crippen molar-refractivity contribution in [3.05, 3.63) is 77.9 Å². The highest BCUT2D eigenvalue weighted by atomic mass is 19.1. The second-order valence-electron chi connectivity index (χ2n) is 6.81. The van der Waals surface area contributed by atoms with Crippen LogP contribution >= 0.6 is 0 Å². The van der Waals surface area contributed by atoms with Gasteiger partial charge in [0.2, 0.25) is 5.91 Å². The van der Waals surface area contributed by atoms with Gasteiger partial charge in [-0.1, -0.05) is 12.1 Å². The number of fused-ring (bicyclic) bond motifs is 1. The molecule has 0 fully saturated rings. The standard InChI is InChI=1S/C23H17FN4O3/c24-18-7-5-17(6-8-18)23(30)27-14-21(29)28-9-10-31-22-19(12-26-13-20(22)28)16-3-1-15(11-25)2-4-16/h1-8,12-13H,9-10,14H2,(H,27,30). The lowest BCUT2D eigenvalue weighted by Crippen LogP contribution is -2.44. The lowest BCUT2D eigenvalue weighted by atomic mass is 10.0. The Labute approximate surface area is 177 Å². The van der Waals surface area contributed by atoms with Crippen molar-refractivity contribution in [3.8, 4) is 22.9 Å². The molecule has 0 radical (unpaired) electrons. The Morgan fingerprint density at radius 2 is 1.87 bits per heavy atom. The predicted octanol–water partition coefficient (Wildman–Crippen LogP) is 2.91. The second kappa shape index (κ2) is 8.63. The Hall–Kier alpha value is -4.25. The third-order valence-electron chi connectivity index (χ3n) is 4.86. The first-order valence-corrected chi connectivity index (χ1v) is 9.52. The summed E-state index contributed by atoms with van der Waals surface area (Å²) in [4.78, 5) is 30.8. The van der Waals surface area contributed by atoms with Gasteiger partial charge in [-0.15, -0.1) is 0 Å². The van der Waals surface area contributed by atoms with Crippen molar-refractivity contribution < 1.29 is 18.7 Å². The van der Waals surface area contributed by atoms with Gasteiger partial charge in [0, 0.05) is 17.3 Å². The van der Waals surface area contributed by atoms with Crippen LogP contribution in [0.3, 0.4) is 0 Å². The smallest absolute Gasteiger partial charge is 0.251 e. The summed E-state index contributed by atoms with van der Waals surface area (Å²) in [6.07, 6.45) is 3.19. The largest absolute Gasteiger partial charge is 0.489 e. The summed E-state index contributed by atoms with van der Waals surface area (Å²) in [5.74, 6) is -0.711. The van der Waals surface area contributed by atoms with Crippen LogP contribution in [-0.4, -0.2) is 36.5 Å². The van der Waals surface area contributed by atoms with Gasteiger partial charge in [0.1, 0.15) is 18.1 Å². The van der Waals surface area contributed by atoms with Crippen molar-refractivity contribution in [2.75, 3.05) is 24.6 Å². The SMILES string of the molecule is N#Cc1ccc(-c2cncc3c2OCCN3C(=O)CNC(=O)c2ccc(F)cc2)cc1. The molecule has 3 aromatic rings. The number of halogens is 1. The number of nitrogens with zero attached hydrogens (tertiary/aromatic N) is 3. The van der Waals surface area contributed by atoms with Gasteiger partial charge >= 0.3 is 0 Å². The summed E-state index contributed by atoms with van der Waals surface area (Å²) in [5.41, 5.74) is 2.82. The molecule has 0 bridgehead atoms. The molecule has 31 heavy (non-hydrogen) atoms. The highest BCUT2D eigenvalue weighted by Gasteiger charge is 2.27. The van der Waals surface area contributed by atoms with E-state index in [0.717, 1.165) is 5.56 Å². The van der Waals surface area contributed by atoms with Gasteiger partial charge in [0.25, 0.3) is 5.91 Å². The Bertz CT molecular complexity index is 1170. The number of carbonyl (C=O) groups is 2. The van der Waals surface area contributed by atoms with E-state index in [0.29, 0.717) is 29.1 Å². The maximum absolute atomic E-state index is 13.0. The number of nitrogens with one attached hydrogen (secondary N) is 1. The minimum Gasteiger partial charge on any atom is -0.489 e. The number of aromatic nitrogens is 1. The topological polar surface area (TPSA) is 95.3 Å². The molecule has 1 aliphatic heterocycles. The van der Waals surface area contributed by atoms with E-state index in [4.69, 9.17) is 10.00 Å². The number of amides is 2. The lowest BCUT2D eigenvalue weighted by molar-refractivity contribution is -0.117. The Morgan fingerprint density at radius 3 is 2.58 bits per heavy atom. The molecule has 1 N–H and O–H groups in total. The van der Waals surface area contributed by atoms with Crippen LogP contribution < -0.4 is 15.0 Å².